The van der Waals surface area contributed by atoms with Crippen LogP contribution in [0.25, 0.3) is 0 Å². The molecule has 4 rings (SSSR count). The Labute approximate surface area is 238 Å². The largest absolute Gasteiger partial charge is 0.480 e. The highest BCUT2D eigenvalue weighted by Gasteiger charge is 2.40. The van der Waals surface area contributed by atoms with Crippen molar-refractivity contribution in [2.75, 3.05) is 23.7 Å². The van der Waals surface area contributed by atoms with Crippen LogP contribution in [0.2, 0.25) is 0 Å². The highest BCUT2D eigenvalue weighted by atomic mass is 32.2. The molecule has 2 amide bonds. The van der Waals surface area contributed by atoms with Crippen molar-refractivity contribution in [1.82, 2.24) is 19.6 Å². The normalized spacial score (nSPS) is 16.1. The van der Waals surface area contributed by atoms with E-state index in [0.717, 1.165) is 10.7 Å². The summed E-state index contributed by atoms with van der Waals surface area (Å²) in [4.78, 5) is 44.4. The highest BCUT2D eigenvalue weighted by Crippen LogP contribution is 2.26. The number of sulfonamides is 1. The second-order valence-electron chi connectivity index (χ2n) is 9.76. The number of carbonyl (C=O) groups excluding carboxylic acids is 2. The molecule has 3 aromatic rings. The van der Waals surface area contributed by atoms with Gasteiger partial charge in [0.1, 0.15) is 12.1 Å². The van der Waals surface area contributed by atoms with Crippen molar-refractivity contribution in [3.63, 3.8) is 0 Å². The van der Waals surface area contributed by atoms with Crippen LogP contribution in [0, 0.1) is 0 Å². The van der Waals surface area contributed by atoms with Gasteiger partial charge in [0.25, 0.3) is 0 Å². The average molecular weight is 583 g/mol. The number of imidazole rings is 1. The van der Waals surface area contributed by atoms with Crippen LogP contribution in [0.15, 0.2) is 71.9 Å². The Morgan fingerprint density at radius 2 is 1.83 bits per heavy atom. The van der Waals surface area contributed by atoms with Gasteiger partial charge in [-0.1, -0.05) is 30.3 Å². The molecule has 2 atom stereocenters. The third kappa shape index (κ3) is 8.14. The summed E-state index contributed by atoms with van der Waals surface area (Å²) in [6.07, 6.45) is 6.03. The predicted molar refractivity (Wildman–Crippen MR) is 153 cm³/mol. The number of nitrogens with one attached hydrogen (secondary N) is 4. The van der Waals surface area contributed by atoms with Gasteiger partial charge in [0.15, 0.2) is 5.95 Å². The Balaban J connectivity index is 1.27. The minimum Gasteiger partial charge on any atom is -0.480 e. The van der Waals surface area contributed by atoms with Gasteiger partial charge in [-0.05, 0) is 55.5 Å². The van der Waals surface area contributed by atoms with Crippen molar-refractivity contribution in [2.45, 2.75) is 55.5 Å². The fourth-order valence-corrected chi connectivity index (χ4v) is 6.33. The SMILES string of the molecule is O=C(CCCCNc1ncc[nH]1)Nc1ccc(C[C@H](NC(=O)[C@@H]2CCCN2S(=O)(=O)c2ccccc2)C(=O)O)cc1. The topological polar surface area (TPSA) is 174 Å². The Kier molecular flexibility index (Phi) is 10.1. The molecular weight excluding hydrogens is 548 g/mol. The average Bonchev–Trinajstić information content (AvgIpc) is 3.67. The number of carbonyl (C=O) groups is 3. The van der Waals surface area contributed by atoms with Crippen LogP contribution in [0.1, 0.15) is 37.7 Å². The van der Waals surface area contributed by atoms with Gasteiger partial charge in [-0.3, -0.25) is 9.59 Å². The Bertz CT molecular complexity index is 1410. The minimum absolute atomic E-state index is 0.00385. The highest BCUT2D eigenvalue weighted by molar-refractivity contribution is 7.89. The maximum Gasteiger partial charge on any atom is 0.326 e. The number of benzene rings is 2. The first-order chi connectivity index (χ1) is 19.7. The number of rotatable bonds is 14. The van der Waals surface area contributed by atoms with Crippen LogP contribution in [-0.4, -0.2) is 70.8 Å². The van der Waals surface area contributed by atoms with Crippen molar-refractivity contribution < 1.29 is 27.9 Å². The van der Waals surface area contributed by atoms with Crippen molar-refractivity contribution in [2.24, 2.45) is 0 Å². The van der Waals surface area contributed by atoms with Crippen LogP contribution in [0.4, 0.5) is 11.6 Å². The number of hydrogen-bond acceptors (Lipinski definition) is 7. The van der Waals surface area contributed by atoms with E-state index in [1.807, 2.05) is 0 Å². The number of amides is 2. The van der Waals surface area contributed by atoms with Gasteiger partial charge in [-0.15, -0.1) is 0 Å². The number of nitrogens with zero attached hydrogens (tertiary/aromatic N) is 2. The molecule has 0 aliphatic carbocycles. The van der Waals surface area contributed by atoms with Gasteiger partial charge >= 0.3 is 5.97 Å². The van der Waals surface area contributed by atoms with E-state index in [9.17, 15) is 27.9 Å². The number of anilines is 2. The van der Waals surface area contributed by atoms with Gasteiger partial charge in [0.2, 0.25) is 21.8 Å². The number of hydrogen-bond donors (Lipinski definition) is 5. The van der Waals surface area contributed by atoms with Crippen LogP contribution < -0.4 is 16.0 Å². The van der Waals surface area contributed by atoms with E-state index in [-0.39, 0.29) is 23.8 Å². The Hall–Kier alpha value is -4.23. The lowest BCUT2D eigenvalue weighted by Crippen LogP contribution is -2.51. The third-order valence-corrected chi connectivity index (χ3v) is 8.69. The summed E-state index contributed by atoms with van der Waals surface area (Å²) in [5.74, 6) is -1.31. The quantitative estimate of drug-likeness (QED) is 0.180. The van der Waals surface area contributed by atoms with Crippen molar-refractivity contribution >= 4 is 39.4 Å². The molecule has 41 heavy (non-hydrogen) atoms. The van der Waals surface area contributed by atoms with Crippen LogP contribution in [0.3, 0.4) is 0 Å². The second kappa shape index (κ2) is 13.9. The molecule has 0 unspecified atom stereocenters. The fourth-order valence-electron chi connectivity index (χ4n) is 4.65. The van der Waals surface area contributed by atoms with Gasteiger partial charge in [0.05, 0.1) is 4.90 Å². The molecule has 1 fully saturated rings. The minimum atomic E-state index is -3.90. The Morgan fingerprint density at radius 3 is 2.51 bits per heavy atom. The van der Waals surface area contributed by atoms with Crippen molar-refractivity contribution in [3.8, 4) is 0 Å². The van der Waals surface area contributed by atoms with Crippen molar-refractivity contribution in [3.05, 3.63) is 72.6 Å². The molecule has 1 aromatic heterocycles. The summed E-state index contributed by atoms with van der Waals surface area (Å²) < 4.78 is 27.3. The summed E-state index contributed by atoms with van der Waals surface area (Å²) in [6.45, 7) is 0.875. The molecule has 1 aliphatic heterocycles. The number of unbranched alkanes of at least 4 members (excludes halogenated alkanes) is 1. The zero-order chi connectivity index (χ0) is 29.2. The van der Waals surface area contributed by atoms with E-state index in [0.29, 0.717) is 49.4 Å². The van der Waals surface area contributed by atoms with Crippen LogP contribution >= 0.6 is 0 Å². The smallest absolute Gasteiger partial charge is 0.326 e. The monoisotopic (exact) mass is 582 g/mol. The van der Waals surface area contributed by atoms with E-state index in [2.05, 4.69) is 25.9 Å². The number of aromatic amines is 1. The summed E-state index contributed by atoms with van der Waals surface area (Å²) in [5.41, 5.74) is 1.22. The lowest BCUT2D eigenvalue weighted by molar-refractivity contribution is -0.142. The third-order valence-electron chi connectivity index (χ3n) is 6.77. The first kappa shape index (κ1) is 29.7. The molecule has 13 heteroatoms. The van der Waals surface area contributed by atoms with Gasteiger partial charge in [0, 0.05) is 44.0 Å². The molecule has 0 bridgehead atoms. The summed E-state index contributed by atoms with van der Waals surface area (Å²) in [7, 11) is -3.90. The molecule has 2 heterocycles. The summed E-state index contributed by atoms with van der Waals surface area (Å²) >= 11 is 0. The molecule has 0 saturated carbocycles. The van der Waals surface area contributed by atoms with Crippen LogP contribution in [-0.2, 0) is 30.8 Å². The standard InChI is InChI=1S/C28H34N6O6S/c35-25(10-4-5-15-29-28-30-16-17-31-28)32-21-13-11-20(12-14-21)19-23(27(37)38)33-26(36)24-9-6-18-34(24)41(39,40)22-7-2-1-3-8-22/h1-3,7-8,11-14,16-17,23-24H,4-6,9-10,15,18-19H2,(H,32,35)(H,33,36)(H,37,38)(H2,29,30,31)/t23-,24-/m0/s1. The molecule has 0 spiro atoms. The number of carboxylic acid groups (broad SMARTS) is 1. The summed E-state index contributed by atoms with van der Waals surface area (Å²) in [5, 5.41) is 18.2. The maximum atomic E-state index is 13.1. The van der Waals surface area contributed by atoms with Gasteiger partial charge < -0.3 is 26.0 Å². The number of aromatic nitrogens is 2. The maximum absolute atomic E-state index is 13.1. The lowest BCUT2D eigenvalue weighted by atomic mass is 10.0. The molecule has 2 aromatic carbocycles. The molecule has 0 radical (unpaired) electrons. The molecular formula is C28H34N6O6S. The number of aliphatic carboxylic acids is 1. The first-order valence-electron chi connectivity index (χ1n) is 13.5. The Morgan fingerprint density at radius 1 is 1.07 bits per heavy atom. The number of H-pyrrole nitrogens is 1. The lowest BCUT2D eigenvalue weighted by Gasteiger charge is -2.25. The van der Waals surface area contributed by atoms with E-state index in [4.69, 9.17) is 0 Å². The molecule has 12 nitrogen and oxygen atoms in total. The first-order valence-corrected chi connectivity index (χ1v) is 14.9. The van der Waals surface area contributed by atoms with Gasteiger partial charge in [-0.2, -0.15) is 4.31 Å². The van der Waals surface area contributed by atoms with Crippen molar-refractivity contribution in [1.29, 1.82) is 0 Å². The van der Waals surface area contributed by atoms with E-state index < -0.39 is 34.0 Å². The number of carboxylic acids is 1. The molecule has 1 saturated heterocycles. The zero-order valence-electron chi connectivity index (χ0n) is 22.5. The molecule has 5 N–H and O–H groups in total. The van der Waals surface area contributed by atoms with E-state index in [1.54, 1.807) is 54.9 Å². The van der Waals surface area contributed by atoms with E-state index >= 15 is 0 Å². The van der Waals surface area contributed by atoms with Crippen LogP contribution in [0.5, 0.6) is 0 Å². The molecule has 1 aliphatic rings. The van der Waals surface area contributed by atoms with E-state index in [1.165, 1.54) is 12.1 Å². The zero-order valence-corrected chi connectivity index (χ0v) is 23.3. The van der Waals surface area contributed by atoms with Gasteiger partial charge in [-0.25, -0.2) is 18.2 Å². The molecule has 218 valence electrons. The second-order valence-corrected chi connectivity index (χ2v) is 11.6. The predicted octanol–water partition coefficient (Wildman–Crippen LogP) is 2.60. The fraction of sp³-hybridized carbons (Fsp3) is 0.357. The summed E-state index contributed by atoms with van der Waals surface area (Å²) in [6, 6.07) is 12.4.